The third-order valence-corrected chi connectivity index (χ3v) is 5.46. The molecule has 23 heavy (non-hydrogen) atoms. The van der Waals surface area contributed by atoms with Gasteiger partial charge in [-0.05, 0) is 50.0 Å². The normalized spacial score (nSPS) is 21.0. The molecule has 1 aliphatic rings. The summed E-state index contributed by atoms with van der Waals surface area (Å²) >= 11 is 7.17. The molecule has 1 fully saturated rings. The Kier molecular flexibility index (Phi) is 5.28. The standard InChI is InChI=1S/C18H23N3S2/c1-12-6-3-4-9-16(12)21-18(22)20-15-8-5-7-14(10-15)17-11-23-13(2)19-17/h5,7-8,10-12,16H,3-4,6,9H2,1-2H3,(H2,20,21,22)/t12-,16-/m1/s1. The van der Waals surface area contributed by atoms with Gasteiger partial charge in [0.2, 0.25) is 0 Å². The second-order valence-electron chi connectivity index (χ2n) is 6.30. The van der Waals surface area contributed by atoms with Gasteiger partial charge in [-0.25, -0.2) is 4.98 Å². The molecule has 0 unspecified atom stereocenters. The summed E-state index contributed by atoms with van der Waals surface area (Å²) in [6.07, 6.45) is 5.14. The highest BCUT2D eigenvalue weighted by molar-refractivity contribution is 7.80. The fraction of sp³-hybridized carbons (Fsp3) is 0.444. The average molecular weight is 346 g/mol. The summed E-state index contributed by atoms with van der Waals surface area (Å²) in [6.45, 7) is 4.34. The maximum Gasteiger partial charge on any atom is 0.171 e. The van der Waals surface area contributed by atoms with Crippen LogP contribution in [0.25, 0.3) is 11.3 Å². The van der Waals surface area contributed by atoms with E-state index >= 15 is 0 Å². The summed E-state index contributed by atoms with van der Waals surface area (Å²) < 4.78 is 0. The van der Waals surface area contributed by atoms with Crippen molar-refractivity contribution in [3.63, 3.8) is 0 Å². The van der Waals surface area contributed by atoms with Crippen molar-refractivity contribution >= 4 is 34.4 Å². The lowest BCUT2D eigenvalue weighted by molar-refractivity contribution is 0.309. The molecular formula is C18H23N3S2. The zero-order chi connectivity index (χ0) is 16.2. The van der Waals surface area contributed by atoms with Crippen molar-refractivity contribution in [1.29, 1.82) is 0 Å². The van der Waals surface area contributed by atoms with Gasteiger partial charge in [-0.2, -0.15) is 0 Å². The minimum absolute atomic E-state index is 0.494. The molecule has 1 aromatic heterocycles. The highest BCUT2D eigenvalue weighted by atomic mass is 32.1. The Labute approximate surface area is 147 Å². The van der Waals surface area contributed by atoms with Crippen molar-refractivity contribution in [3.8, 4) is 11.3 Å². The molecule has 1 aromatic carbocycles. The van der Waals surface area contributed by atoms with E-state index < -0.39 is 0 Å². The monoisotopic (exact) mass is 345 g/mol. The molecule has 2 aromatic rings. The van der Waals surface area contributed by atoms with E-state index in [1.54, 1.807) is 11.3 Å². The summed E-state index contributed by atoms with van der Waals surface area (Å²) in [5.74, 6) is 0.688. The number of aryl methyl sites for hydroxylation is 1. The van der Waals surface area contributed by atoms with Crippen LogP contribution in [0, 0.1) is 12.8 Å². The number of anilines is 1. The van der Waals surface area contributed by atoms with Gasteiger partial charge in [-0.1, -0.05) is 31.9 Å². The quantitative estimate of drug-likeness (QED) is 0.769. The van der Waals surface area contributed by atoms with Crippen molar-refractivity contribution in [2.75, 3.05) is 5.32 Å². The maximum absolute atomic E-state index is 5.50. The van der Waals surface area contributed by atoms with Gasteiger partial charge in [-0.3, -0.25) is 0 Å². The first-order chi connectivity index (χ1) is 11.1. The first kappa shape index (κ1) is 16.4. The number of thiocarbonyl (C=S) groups is 1. The maximum atomic E-state index is 5.50. The number of aromatic nitrogens is 1. The van der Waals surface area contributed by atoms with Gasteiger partial charge in [0.15, 0.2) is 5.11 Å². The zero-order valence-corrected chi connectivity index (χ0v) is 15.3. The lowest BCUT2D eigenvalue weighted by Crippen LogP contribution is -2.43. The highest BCUT2D eigenvalue weighted by Gasteiger charge is 2.21. The third kappa shape index (κ3) is 4.30. The fourth-order valence-corrected chi connectivity index (χ4v) is 4.01. The van der Waals surface area contributed by atoms with E-state index in [2.05, 4.69) is 40.1 Å². The SMILES string of the molecule is Cc1nc(-c2cccc(NC(=S)N[C@@H]3CCCC[C@H]3C)c2)cs1. The van der Waals surface area contributed by atoms with E-state index in [0.717, 1.165) is 27.1 Å². The Hall–Kier alpha value is -1.46. The predicted octanol–water partition coefficient (Wildman–Crippen LogP) is 4.98. The van der Waals surface area contributed by atoms with Crippen molar-refractivity contribution < 1.29 is 0 Å². The lowest BCUT2D eigenvalue weighted by atomic mass is 9.86. The van der Waals surface area contributed by atoms with Crippen LogP contribution in [0.3, 0.4) is 0 Å². The topological polar surface area (TPSA) is 37.0 Å². The predicted molar refractivity (Wildman–Crippen MR) is 103 cm³/mol. The smallest absolute Gasteiger partial charge is 0.171 e. The molecule has 2 N–H and O–H groups in total. The summed E-state index contributed by atoms with van der Waals surface area (Å²) in [5.41, 5.74) is 3.15. The van der Waals surface area contributed by atoms with Crippen LogP contribution in [-0.4, -0.2) is 16.1 Å². The van der Waals surface area contributed by atoms with Crippen molar-refractivity contribution in [1.82, 2.24) is 10.3 Å². The molecule has 0 spiro atoms. The number of rotatable bonds is 3. The Balaban J connectivity index is 1.64. The second kappa shape index (κ2) is 7.41. The van der Waals surface area contributed by atoms with Gasteiger partial charge in [-0.15, -0.1) is 11.3 Å². The molecule has 3 nitrogen and oxygen atoms in total. The van der Waals surface area contributed by atoms with Gasteiger partial charge < -0.3 is 10.6 Å². The van der Waals surface area contributed by atoms with Crippen LogP contribution >= 0.6 is 23.6 Å². The molecule has 3 rings (SSSR count). The molecule has 0 bridgehead atoms. The van der Waals surface area contributed by atoms with Crippen LogP contribution < -0.4 is 10.6 Å². The third-order valence-electron chi connectivity index (χ3n) is 4.46. The van der Waals surface area contributed by atoms with E-state index in [1.165, 1.54) is 25.7 Å². The van der Waals surface area contributed by atoms with Crippen LogP contribution in [0.4, 0.5) is 5.69 Å². The van der Waals surface area contributed by atoms with Crippen LogP contribution in [0.2, 0.25) is 0 Å². The van der Waals surface area contributed by atoms with Crippen molar-refractivity contribution in [2.24, 2.45) is 5.92 Å². The van der Waals surface area contributed by atoms with E-state index in [-0.39, 0.29) is 0 Å². The number of hydrogen-bond donors (Lipinski definition) is 2. The summed E-state index contributed by atoms with van der Waals surface area (Å²) in [5, 5.41) is 10.7. The lowest BCUT2D eigenvalue weighted by Gasteiger charge is -2.30. The Morgan fingerprint density at radius 2 is 2.13 bits per heavy atom. The second-order valence-corrected chi connectivity index (χ2v) is 7.77. The van der Waals surface area contributed by atoms with E-state index in [9.17, 15) is 0 Å². The Bertz CT molecular complexity index is 680. The summed E-state index contributed by atoms with van der Waals surface area (Å²) in [7, 11) is 0. The van der Waals surface area contributed by atoms with Crippen LogP contribution in [0.5, 0.6) is 0 Å². The molecule has 122 valence electrons. The minimum atomic E-state index is 0.494. The molecule has 0 saturated heterocycles. The minimum Gasteiger partial charge on any atom is -0.359 e. The first-order valence-electron chi connectivity index (χ1n) is 8.22. The van der Waals surface area contributed by atoms with Gasteiger partial charge in [0.05, 0.1) is 10.7 Å². The van der Waals surface area contributed by atoms with Gasteiger partial charge in [0.25, 0.3) is 0 Å². The number of nitrogens with one attached hydrogen (secondary N) is 2. The van der Waals surface area contributed by atoms with Gasteiger partial charge in [0.1, 0.15) is 0 Å². The molecule has 1 aliphatic carbocycles. The zero-order valence-electron chi connectivity index (χ0n) is 13.6. The summed E-state index contributed by atoms with van der Waals surface area (Å²) in [6, 6.07) is 8.76. The first-order valence-corrected chi connectivity index (χ1v) is 9.50. The van der Waals surface area contributed by atoms with Crippen molar-refractivity contribution in [3.05, 3.63) is 34.7 Å². The molecule has 0 radical (unpaired) electrons. The molecule has 5 heteroatoms. The molecule has 1 heterocycles. The average Bonchev–Trinajstić information content (AvgIpc) is 2.96. The number of nitrogens with zero attached hydrogens (tertiary/aromatic N) is 1. The van der Waals surface area contributed by atoms with Crippen LogP contribution in [0.15, 0.2) is 29.6 Å². The van der Waals surface area contributed by atoms with E-state index in [0.29, 0.717) is 12.0 Å². The Morgan fingerprint density at radius 3 is 2.87 bits per heavy atom. The van der Waals surface area contributed by atoms with E-state index in [1.807, 2.05) is 19.1 Å². The molecule has 2 atom stereocenters. The number of benzene rings is 1. The molecule has 0 amide bonds. The molecule has 1 saturated carbocycles. The number of thiazole rings is 1. The molecular weight excluding hydrogens is 322 g/mol. The largest absolute Gasteiger partial charge is 0.359 e. The number of hydrogen-bond acceptors (Lipinski definition) is 3. The van der Waals surface area contributed by atoms with E-state index in [4.69, 9.17) is 12.2 Å². The van der Waals surface area contributed by atoms with Gasteiger partial charge in [0, 0.05) is 22.7 Å². The van der Waals surface area contributed by atoms with Crippen molar-refractivity contribution in [2.45, 2.75) is 45.6 Å². The Morgan fingerprint density at radius 1 is 1.30 bits per heavy atom. The van der Waals surface area contributed by atoms with Gasteiger partial charge >= 0.3 is 0 Å². The fourth-order valence-electron chi connectivity index (χ4n) is 3.12. The summed E-state index contributed by atoms with van der Waals surface area (Å²) in [4.78, 5) is 4.55. The highest BCUT2D eigenvalue weighted by Crippen LogP contribution is 2.25. The van der Waals surface area contributed by atoms with Crippen LogP contribution in [0.1, 0.15) is 37.6 Å². The molecule has 0 aliphatic heterocycles. The van der Waals surface area contributed by atoms with Crippen LogP contribution in [-0.2, 0) is 0 Å².